The normalized spacial score (nSPS) is 27.9. The van der Waals surface area contributed by atoms with E-state index in [1.54, 1.807) is 31.2 Å². The van der Waals surface area contributed by atoms with Gasteiger partial charge in [-0.2, -0.15) is 0 Å². The molecule has 2 aromatic carbocycles. The summed E-state index contributed by atoms with van der Waals surface area (Å²) in [4.78, 5) is 12.7. The van der Waals surface area contributed by atoms with E-state index in [9.17, 15) is 17.6 Å². The molecule has 2 aliphatic rings. The summed E-state index contributed by atoms with van der Waals surface area (Å²) >= 11 is 0. The van der Waals surface area contributed by atoms with Gasteiger partial charge >= 0.3 is 0 Å². The number of carbonyl (C=O) groups excluding carboxylic acids is 1. The van der Waals surface area contributed by atoms with Gasteiger partial charge in [-0.3, -0.25) is 4.79 Å². The number of amides is 1. The summed E-state index contributed by atoms with van der Waals surface area (Å²) < 4.78 is 54.4. The van der Waals surface area contributed by atoms with Gasteiger partial charge in [-0.15, -0.1) is 0 Å². The van der Waals surface area contributed by atoms with Crippen LogP contribution in [0.3, 0.4) is 0 Å². The summed E-state index contributed by atoms with van der Waals surface area (Å²) in [6, 6.07) is 12.2. The maximum absolute atomic E-state index is 15.5. The largest absolute Gasteiger partial charge is 0.352 e. The Morgan fingerprint density at radius 1 is 1.15 bits per heavy atom. The Bertz CT molecular complexity index is 1100. The van der Waals surface area contributed by atoms with Crippen molar-refractivity contribution in [2.45, 2.75) is 67.4 Å². The second kappa shape index (κ2) is 9.50. The molecule has 2 N–H and O–H groups in total. The van der Waals surface area contributed by atoms with Crippen molar-refractivity contribution in [1.29, 1.82) is 0 Å². The Labute approximate surface area is 193 Å². The Morgan fingerprint density at radius 3 is 2.52 bits per heavy atom. The lowest BCUT2D eigenvalue weighted by atomic mass is 9.92. The lowest BCUT2D eigenvalue weighted by Crippen LogP contribution is -2.49. The number of nitrogens with one attached hydrogen (secondary N) is 2. The highest BCUT2D eigenvalue weighted by Crippen LogP contribution is 2.40. The maximum Gasteiger partial charge on any atom is 0.237 e. The number of carbonyl (C=O) groups is 1. The molecule has 1 amide bonds. The number of hydrogen-bond acceptors (Lipinski definition) is 4. The van der Waals surface area contributed by atoms with Gasteiger partial charge in [0.25, 0.3) is 0 Å². The van der Waals surface area contributed by atoms with Crippen molar-refractivity contribution in [2.24, 2.45) is 5.92 Å². The van der Waals surface area contributed by atoms with Gasteiger partial charge in [0.05, 0.1) is 10.9 Å². The second-order valence-electron chi connectivity index (χ2n) is 9.38. The third-order valence-corrected chi connectivity index (χ3v) is 9.08. The fourth-order valence-corrected chi connectivity index (χ4v) is 6.67. The number of alkyl halides is 1. The first kappa shape index (κ1) is 23.8. The highest BCUT2D eigenvalue weighted by molar-refractivity contribution is 7.92. The van der Waals surface area contributed by atoms with Crippen LogP contribution in [0.4, 0.5) is 8.78 Å². The van der Waals surface area contributed by atoms with Crippen LogP contribution >= 0.6 is 0 Å². The number of halogens is 2. The summed E-state index contributed by atoms with van der Waals surface area (Å²) in [6.45, 7) is 2.47. The molecule has 1 aliphatic carbocycles. The van der Waals surface area contributed by atoms with Crippen LogP contribution in [0.25, 0.3) is 0 Å². The minimum atomic E-state index is -4.11. The summed E-state index contributed by atoms with van der Waals surface area (Å²) in [7, 11) is -4.11. The predicted molar refractivity (Wildman–Crippen MR) is 123 cm³/mol. The lowest BCUT2D eigenvalue weighted by molar-refractivity contribution is -0.123. The van der Waals surface area contributed by atoms with Gasteiger partial charge in [-0.05, 0) is 93.3 Å². The number of aryl methyl sites for hydroxylation is 1. The molecule has 2 atom stereocenters. The van der Waals surface area contributed by atoms with E-state index in [0.29, 0.717) is 13.0 Å². The second-order valence-corrected chi connectivity index (χ2v) is 11.6. The summed E-state index contributed by atoms with van der Waals surface area (Å²) in [5.74, 6) is -0.123. The number of benzene rings is 2. The van der Waals surface area contributed by atoms with Crippen LogP contribution < -0.4 is 10.6 Å². The molecule has 5 nitrogen and oxygen atoms in total. The van der Waals surface area contributed by atoms with E-state index < -0.39 is 14.8 Å². The smallest absolute Gasteiger partial charge is 0.237 e. The van der Waals surface area contributed by atoms with Gasteiger partial charge in [0.2, 0.25) is 20.7 Å². The molecule has 2 fully saturated rings. The van der Waals surface area contributed by atoms with E-state index in [1.165, 1.54) is 24.3 Å². The Hall–Kier alpha value is -2.32. The third kappa shape index (κ3) is 5.27. The first-order valence-electron chi connectivity index (χ1n) is 11.4. The van der Waals surface area contributed by atoms with Crippen LogP contribution in [-0.2, 0) is 21.1 Å². The van der Waals surface area contributed by atoms with Gasteiger partial charge in [-0.1, -0.05) is 24.3 Å². The number of hydrogen-bond donors (Lipinski definition) is 2. The van der Waals surface area contributed by atoms with Crippen LogP contribution in [0.5, 0.6) is 0 Å². The Kier molecular flexibility index (Phi) is 6.86. The van der Waals surface area contributed by atoms with Crippen LogP contribution in [0.2, 0.25) is 0 Å². The average Bonchev–Trinajstić information content (AvgIpc) is 3.25. The number of sulfone groups is 1. The van der Waals surface area contributed by atoms with Gasteiger partial charge in [0.15, 0.2) is 0 Å². The molecule has 33 heavy (non-hydrogen) atoms. The van der Waals surface area contributed by atoms with Crippen molar-refractivity contribution in [2.75, 3.05) is 6.54 Å². The molecule has 0 radical (unpaired) electrons. The molecule has 1 saturated carbocycles. The van der Waals surface area contributed by atoms with Gasteiger partial charge in [0.1, 0.15) is 5.82 Å². The number of rotatable bonds is 6. The first-order valence-corrected chi connectivity index (χ1v) is 12.9. The summed E-state index contributed by atoms with van der Waals surface area (Å²) in [5.41, 5.74) is 1.80. The van der Waals surface area contributed by atoms with Crippen molar-refractivity contribution in [1.82, 2.24) is 10.6 Å². The van der Waals surface area contributed by atoms with Crippen LogP contribution in [-0.4, -0.2) is 38.0 Å². The van der Waals surface area contributed by atoms with E-state index in [-0.39, 0.29) is 60.3 Å². The van der Waals surface area contributed by atoms with Crippen molar-refractivity contribution in [3.05, 3.63) is 65.5 Å². The van der Waals surface area contributed by atoms with E-state index in [1.807, 2.05) is 0 Å². The zero-order valence-corrected chi connectivity index (χ0v) is 19.5. The zero-order chi connectivity index (χ0) is 23.6. The minimum absolute atomic E-state index is 0.00911. The molecule has 1 heterocycles. The molecular formula is C25H30F2N2O3S. The van der Waals surface area contributed by atoms with Gasteiger partial charge in [-0.25, -0.2) is 17.2 Å². The Balaban J connectivity index is 1.29. The molecule has 1 aliphatic heterocycles. The SMILES string of the molecule is Cc1cccc(S(=O)(=O)C2(F)CCC(NC(=O)[C@@H]3C[C@@H](Cc4ccc(F)cc4)CN3)CC2)c1. The Morgan fingerprint density at radius 2 is 1.85 bits per heavy atom. The fourth-order valence-electron chi connectivity index (χ4n) is 4.88. The van der Waals surface area contributed by atoms with Crippen molar-refractivity contribution in [3.8, 4) is 0 Å². The molecular weight excluding hydrogens is 446 g/mol. The van der Waals surface area contributed by atoms with E-state index >= 15 is 4.39 Å². The molecule has 0 unspecified atom stereocenters. The maximum atomic E-state index is 15.5. The molecule has 8 heteroatoms. The van der Waals surface area contributed by atoms with Crippen molar-refractivity contribution in [3.63, 3.8) is 0 Å². The van der Waals surface area contributed by atoms with E-state index in [0.717, 1.165) is 17.5 Å². The topological polar surface area (TPSA) is 75.3 Å². The molecule has 178 valence electrons. The quantitative estimate of drug-likeness (QED) is 0.664. The molecule has 4 rings (SSSR count). The van der Waals surface area contributed by atoms with Crippen molar-refractivity contribution >= 4 is 15.7 Å². The standard InChI is InChI=1S/C25H30F2N2O3S/c1-17-3-2-4-22(13-17)33(31,32)25(27)11-9-21(10-12-25)29-24(30)23-15-19(16-28-23)14-18-5-7-20(26)8-6-18/h2-8,13,19,21,23,28H,9-12,14-16H2,1H3,(H,29,30)/t19-,21?,23+,25?/m1/s1. The van der Waals surface area contributed by atoms with Gasteiger partial charge in [0, 0.05) is 6.04 Å². The summed E-state index contributed by atoms with van der Waals surface area (Å²) in [5, 5.41) is 3.91. The fraction of sp³-hybridized carbons (Fsp3) is 0.480. The molecule has 0 spiro atoms. The highest BCUT2D eigenvalue weighted by Gasteiger charge is 2.48. The molecule has 0 aromatic heterocycles. The van der Waals surface area contributed by atoms with Gasteiger partial charge < -0.3 is 10.6 Å². The van der Waals surface area contributed by atoms with Crippen LogP contribution in [0, 0.1) is 18.7 Å². The average molecular weight is 477 g/mol. The predicted octanol–water partition coefficient (Wildman–Crippen LogP) is 3.85. The molecule has 0 bridgehead atoms. The highest BCUT2D eigenvalue weighted by atomic mass is 32.2. The zero-order valence-electron chi connectivity index (χ0n) is 18.7. The van der Waals surface area contributed by atoms with E-state index in [4.69, 9.17) is 0 Å². The first-order chi connectivity index (χ1) is 15.7. The van der Waals surface area contributed by atoms with Crippen molar-refractivity contribution < 1.29 is 22.0 Å². The van der Waals surface area contributed by atoms with Crippen LogP contribution in [0.1, 0.15) is 43.2 Å². The van der Waals surface area contributed by atoms with E-state index in [2.05, 4.69) is 10.6 Å². The lowest BCUT2D eigenvalue weighted by Gasteiger charge is -2.34. The molecule has 1 saturated heterocycles. The van der Waals surface area contributed by atoms with Crippen LogP contribution in [0.15, 0.2) is 53.4 Å². The minimum Gasteiger partial charge on any atom is -0.352 e. The molecule has 2 aromatic rings. The summed E-state index contributed by atoms with van der Waals surface area (Å²) in [6.07, 6.45) is 1.71. The third-order valence-electron chi connectivity index (χ3n) is 6.84. The monoisotopic (exact) mass is 476 g/mol.